The van der Waals surface area contributed by atoms with Crippen LogP contribution in [0.2, 0.25) is 0 Å². The standard InChI is InChI=1S/C14H19N3O2/c1-3-15-14(18)10(2)17-9-8-12(16-19)11-6-4-5-7-13(11)17/h4-7,10,19H,3,8-9H2,1-2H3,(H,15,18). The highest BCUT2D eigenvalue weighted by Crippen LogP contribution is 2.28. The van der Waals surface area contributed by atoms with Crippen molar-refractivity contribution in [1.29, 1.82) is 0 Å². The van der Waals surface area contributed by atoms with Gasteiger partial charge in [-0.1, -0.05) is 23.4 Å². The van der Waals surface area contributed by atoms with Crippen LogP contribution in [-0.4, -0.2) is 36.0 Å². The molecule has 1 amide bonds. The van der Waals surface area contributed by atoms with E-state index in [1.54, 1.807) is 0 Å². The smallest absolute Gasteiger partial charge is 0.242 e. The van der Waals surface area contributed by atoms with Gasteiger partial charge in [0.1, 0.15) is 6.04 Å². The second kappa shape index (κ2) is 5.73. The van der Waals surface area contributed by atoms with E-state index in [1.807, 2.05) is 38.1 Å². The second-order valence-corrected chi connectivity index (χ2v) is 4.58. The number of anilines is 1. The maximum Gasteiger partial charge on any atom is 0.242 e. The van der Waals surface area contributed by atoms with Crippen molar-refractivity contribution in [2.45, 2.75) is 26.3 Å². The van der Waals surface area contributed by atoms with Crippen LogP contribution in [0.1, 0.15) is 25.8 Å². The van der Waals surface area contributed by atoms with Gasteiger partial charge in [0.05, 0.1) is 5.71 Å². The highest BCUT2D eigenvalue weighted by molar-refractivity contribution is 6.07. The third-order valence-electron chi connectivity index (χ3n) is 3.43. The molecular weight excluding hydrogens is 242 g/mol. The van der Waals surface area contributed by atoms with E-state index in [9.17, 15) is 4.79 Å². The Balaban J connectivity index is 2.32. The molecule has 2 N–H and O–H groups in total. The molecule has 1 unspecified atom stereocenters. The van der Waals surface area contributed by atoms with Crippen LogP contribution in [0.5, 0.6) is 0 Å². The molecule has 2 rings (SSSR count). The van der Waals surface area contributed by atoms with Gasteiger partial charge in [-0.2, -0.15) is 0 Å². The summed E-state index contributed by atoms with van der Waals surface area (Å²) in [4.78, 5) is 14.0. The van der Waals surface area contributed by atoms with Gasteiger partial charge >= 0.3 is 0 Å². The number of hydrogen-bond acceptors (Lipinski definition) is 4. The summed E-state index contributed by atoms with van der Waals surface area (Å²) in [7, 11) is 0. The zero-order valence-electron chi connectivity index (χ0n) is 11.3. The molecule has 1 aromatic rings. The topological polar surface area (TPSA) is 64.9 Å². The second-order valence-electron chi connectivity index (χ2n) is 4.58. The minimum atomic E-state index is -0.235. The van der Waals surface area contributed by atoms with Crippen molar-refractivity contribution in [2.24, 2.45) is 5.16 Å². The molecule has 0 radical (unpaired) electrons. The van der Waals surface area contributed by atoms with Crippen molar-refractivity contribution in [1.82, 2.24) is 5.32 Å². The zero-order chi connectivity index (χ0) is 13.8. The molecule has 1 heterocycles. The number of oxime groups is 1. The third-order valence-corrected chi connectivity index (χ3v) is 3.43. The summed E-state index contributed by atoms with van der Waals surface area (Å²) in [6.45, 7) is 5.10. The number of nitrogens with one attached hydrogen (secondary N) is 1. The molecule has 1 aliphatic rings. The highest BCUT2D eigenvalue weighted by atomic mass is 16.4. The molecular formula is C14H19N3O2. The Bertz CT molecular complexity index is 499. The third kappa shape index (κ3) is 2.54. The molecule has 0 saturated heterocycles. The van der Waals surface area contributed by atoms with Gasteiger partial charge in [0, 0.05) is 30.8 Å². The van der Waals surface area contributed by atoms with E-state index in [0.29, 0.717) is 25.2 Å². The number of amides is 1. The molecule has 1 aromatic carbocycles. The molecule has 5 nitrogen and oxygen atoms in total. The Morgan fingerprint density at radius 1 is 1.53 bits per heavy atom. The molecule has 0 aromatic heterocycles. The van der Waals surface area contributed by atoms with Crippen molar-refractivity contribution >= 4 is 17.3 Å². The summed E-state index contributed by atoms with van der Waals surface area (Å²) in [6, 6.07) is 7.47. The van der Waals surface area contributed by atoms with Crippen LogP contribution in [-0.2, 0) is 4.79 Å². The molecule has 5 heteroatoms. The van der Waals surface area contributed by atoms with Gasteiger partial charge in [-0.05, 0) is 19.9 Å². The van der Waals surface area contributed by atoms with Crippen molar-refractivity contribution in [3.05, 3.63) is 29.8 Å². The van der Waals surface area contributed by atoms with Gasteiger partial charge in [0.25, 0.3) is 0 Å². The minimum absolute atomic E-state index is 0.0155. The predicted octanol–water partition coefficient (Wildman–Crippen LogP) is 1.60. The van der Waals surface area contributed by atoms with E-state index in [2.05, 4.69) is 15.4 Å². The normalized spacial score (nSPS) is 18.0. The summed E-state index contributed by atoms with van der Waals surface area (Å²) in [5, 5.41) is 15.2. The van der Waals surface area contributed by atoms with Crippen molar-refractivity contribution < 1.29 is 10.0 Å². The Kier molecular flexibility index (Phi) is 4.04. The fourth-order valence-corrected chi connectivity index (χ4v) is 2.42. The summed E-state index contributed by atoms with van der Waals surface area (Å²) in [5.41, 5.74) is 2.52. The van der Waals surface area contributed by atoms with Crippen LogP contribution in [0.25, 0.3) is 0 Å². The molecule has 1 aliphatic heterocycles. The van der Waals surface area contributed by atoms with Gasteiger partial charge in [0.2, 0.25) is 5.91 Å². The largest absolute Gasteiger partial charge is 0.411 e. The van der Waals surface area contributed by atoms with Gasteiger partial charge in [0.15, 0.2) is 0 Å². The van der Waals surface area contributed by atoms with Gasteiger partial charge in [-0.15, -0.1) is 0 Å². The summed E-state index contributed by atoms with van der Waals surface area (Å²) in [5.74, 6) is 0.0155. The molecule has 102 valence electrons. The summed E-state index contributed by atoms with van der Waals surface area (Å²) in [6.07, 6.45) is 0.636. The van der Waals surface area contributed by atoms with E-state index in [-0.39, 0.29) is 11.9 Å². The van der Waals surface area contributed by atoms with Crippen molar-refractivity contribution in [3.8, 4) is 0 Å². The fraction of sp³-hybridized carbons (Fsp3) is 0.429. The van der Waals surface area contributed by atoms with Crippen LogP contribution in [0, 0.1) is 0 Å². The molecule has 0 spiro atoms. The molecule has 0 aliphatic carbocycles. The maximum absolute atomic E-state index is 12.0. The lowest BCUT2D eigenvalue weighted by Gasteiger charge is -2.35. The monoisotopic (exact) mass is 261 g/mol. The average Bonchev–Trinajstić information content (AvgIpc) is 2.45. The Labute approximate surface area is 112 Å². The number of hydrogen-bond donors (Lipinski definition) is 2. The molecule has 0 saturated carbocycles. The number of nitrogens with zero attached hydrogens (tertiary/aromatic N) is 2. The first-order valence-electron chi connectivity index (χ1n) is 6.53. The quantitative estimate of drug-likeness (QED) is 0.641. The lowest BCUT2D eigenvalue weighted by Crippen LogP contribution is -2.48. The first-order chi connectivity index (χ1) is 9.19. The molecule has 19 heavy (non-hydrogen) atoms. The molecule has 0 bridgehead atoms. The Hall–Kier alpha value is -2.04. The van der Waals surface area contributed by atoms with E-state index in [1.165, 1.54) is 0 Å². The summed E-state index contributed by atoms with van der Waals surface area (Å²) < 4.78 is 0. The zero-order valence-corrected chi connectivity index (χ0v) is 11.3. The van der Waals surface area contributed by atoms with E-state index in [4.69, 9.17) is 5.21 Å². The predicted molar refractivity (Wildman–Crippen MR) is 74.9 cm³/mol. The van der Waals surface area contributed by atoms with Crippen LogP contribution in [0.4, 0.5) is 5.69 Å². The van der Waals surface area contributed by atoms with E-state index >= 15 is 0 Å². The van der Waals surface area contributed by atoms with Crippen molar-refractivity contribution in [2.75, 3.05) is 18.0 Å². The van der Waals surface area contributed by atoms with Crippen LogP contribution >= 0.6 is 0 Å². The number of benzene rings is 1. The van der Waals surface area contributed by atoms with Crippen LogP contribution in [0.3, 0.4) is 0 Å². The minimum Gasteiger partial charge on any atom is -0.411 e. The van der Waals surface area contributed by atoms with Crippen LogP contribution in [0.15, 0.2) is 29.4 Å². The van der Waals surface area contributed by atoms with Gasteiger partial charge in [-0.3, -0.25) is 4.79 Å². The van der Waals surface area contributed by atoms with Gasteiger partial charge < -0.3 is 15.4 Å². The molecule has 0 fully saturated rings. The van der Waals surface area contributed by atoms with E-state index in [0.717, 1.165) is 11.3 Å². The highest BCUT2D eigenvalue weighted by Gasteiger charge is 2.28. The van der Waals surface area contributed by atoms with Crippen LogP contribution < -0.4 is 10.2 Å². The number of rotatable bonds is 3. The molecule has 1 atom stereocenters. The first-order valence-corrected chi connectivity index (χ1v) is 6.53. The first kappa shape index (κ1) is 13.4. The lowest BCUT2D eigenvalue weighted by atomic mass is 9.98. The van der Waals surface area contributed by atoms with E-state index < -0.39 is 0 Å². The number of carbonyl (C=O) groups is 1. The number of carbonyl (C=O) groups excluding carboxylic acids is 1. The number of likely N-dealkylation sites (N-methyl/N-ethyl adjacent to an activating group) is 1. The van der Waals surface area contributed by atoms with Gasteiger partial charge in [-0.25, -0.2) is 0 Å². The maximum atomic E-state index is 12.0. The Morgan fingerprint density at radius 3 is 2.95 bits per heavy atom. The SMILES string of the molecule is CCNC(=O)C(C)N1CCC(=NO)c2ccccc21. The lowest BCUT2D eigenvalue weighted by molar-refractivity contribution is -0.121. The number of para-hydroxylation sites is 1. The van der Waals surface area contributed by atoms with Crippen molar-refractivity contribution in [3.63, 3.8) is 0 Å². The fourth-order valence-electron chi connectivity index (χ4n) is 2.42. The Morgan fingerprint density at radius 2 is 2.26 bits per heavy atom. The summed E-state index contributed by atoms with van der Waals surface area (Å²) >= 11 is 0. The average molecular weight is 261 g/mol. The number of fused-ring (bicyclic) bond motifs is 1.